The van der Waals surface area contributed by atoms with Gasteiger partial charge in [0.1, 0.15) is 22.3 Å². The number of anilines is 1. The van der Waals surface area contributed by atoms with Gasteiger partial charge in [-0.3, -0.25) is 9.59 Å². The number of benzene rings is 1. The topological polar surface area (TPSA) is 117 Å². The molecule has 0 radical (unpaired) electrons. The lowest BCUT2D eigenvalue weighted by molar-refractivity contribution is -0.153. The zero-order valence-electron chi connectivity index (χ0n) is 21.0. The lowest BCUT2D eigenvalue weighted by Gasteiger charge is -2.27. The van der Waals surface area contributed by atoms with E-state index in [2.05, 4.69) is 5.32 Å². The first-order chi connectivity index (χ1) is 17.7. The summed E-state index contributed by atoms with van der Waals surface area (Å²) in [5.74, 6) is -3.29. The van der Waals surface area contributed by atoms with E-state index in [1.165, 1.54) is 13.2 Å². The number of esters is 3. The molecule has 9 nitrogen and oxygen atoms in total. The van der Waals surface area contributed by atoms with E-state index in [-0.39, 0.29) is 40.8 Å². The van der Waals surface area contributed by atoms with Crippen LogP contribution in [0.3, 0.4) is 0 Å². The summed E-state index contributed by atoms with van der Waals surface area (Å²) in [6.45, 7) is 2.83. The van der Waals surface area contributed by atoms with Crippen LogP contribution < -0.4 is 5.32 Å². The first-order valence-electron chi connectivity index (χ1n) is 11.9. The molecule has 11 heteroatoms. The SMILES string of the molecule is CCOC(=O)c1c(NC(=O)COC(=O)C2(c3ccccc3F)CCCC2)sc(C(=O)OCCOC)c1C. The predicted octanol–water partition coefficient (Wildman–Crippen LogP) is 4.17. The molecule has 1 amide bonds. The molecule has 0 saturated heterocycles. The minimum absolute atomic E-state index is 0.0167. The van der Waals surface area contributed by atoms with Gasteiger partial charge in [-0.2, -0.15) is 0 Å². The molecular formula is C26H30FNO8S. The van der Waals surface area contributed by atoms with Gasteiger partial charge in [-0.15, -0.1) is 11.3 Å². The number of carbonyl (C=O) groups is 4. The number of nitrogens with one attached hydrogen (secondary N) is 1. The molecule has 1 aliphatic carbocycles. The Morgan fingerprint density at radius 1 is 1.03 bits per heavy atom. The van der Waals surface area contributed by atoms with Gasteiger partial charge >= 0.3 is 17.9 Å². The summed E-state index contributed by atoms with van der Waals surface area (Å²) in [7, 11) is 1.47. The van der Waals surface area contributed by atoms with E-state index < -0.39 is 41.7 Å². The molecule has 1 aliphatic rings. The Labute approximate surface area is 218 Å². The van der Waals surface area contributed by atoms with Crippen LogP contribution in [-0.4, -0.2) is 57.4 Å². The highest BCUT2D eigenvalue weighted by Crippen LogP contribution is 2.43. The number of hydrogen-bond acceptors (Lipinski definition) is 9. The van der Waals surface area contributed by atoms with Gasteiger partial charge in [-0.05, 0) is 38.3 Å². The van der Waals surface area contributed by atoms with Gasteiger partial charge in [0.05, 0.1) is 24.2 Å². The normalized spacial score (nSPS) is 14.2. The van der Waals surface area contributed by atoms with Crippen LogP contribution in [-0.2, 0) is 34.0 Å². The van der Waals surface area contributed by atoms with Crippen molar-refractivity contribution in [2.75, 3.05) is 38.9 Å². The smallest absolute Gasteiger partial charge is 0.348 e. The lowest BCUT2D eigenvalue weighted by Crippen LogP contribution is -2.37. The predicted molar refractivity (Wildman–Crippen MR) is 133 cm³/mol. The van der Waals surface area contributed by atoms with Crippen LogP contribution >= 0.6 is 11.3 Å². The molecule has 0 spiro atoms. The van der Waals surface area contributed by atoms with Gasteiger partial charge in [0.2, 0.25) is 0 Å². The number of thiophene rings is 1. The molecule has 37 heavy (non-hydrogen) atoms. The molecule has 2 aromatic rings. The van der Waals surface area contributed by atoms with E-state index >= 15 is 0 Å². The van der Waals surface area contributed by atoms with Crippen LogP contribution in [0.2, 0.25) is 0 Å². The number of hydrogen-bond donors (Lipinski definition) is 1. The Balaban J connectivity index is 1.75. The van der Waals surface area contributed by atoms with Crippen LogP contribution in [0.15, 0.2) is 24.3 Å². The number of rotatable bonds is 11. The Morgan fingerprint density at radius 3 is 2.38 bits per heavy atom. The van der Waals surface area contributed by atoms with Crippen LogP contribution in [0.5, 0.6) is 0 Å². The molecule has 1 aromatic heterocycles. The number of amides is 1. The van der Waals surface area contributed by atoms with Crippen LogP contribution in [0.1, 0.15) is 63.8 Å². The maximum atomic E-state index is 14.5. The van der Waals surface area contributed by atoms with E-state index in [1.807, 2.05) is 0 Å². The van der Waals surface area contributed by atoms with Crippen molar-refractivity contribution in [1.82, 2.24) is 0 Å². The van der Waals surface area contributed by atoms with Gasteiger partial charge in [-0.25, -0.2) is 14.0 Å². The molecule has 0 unspecified atom stereocenters. The summed E-state index contributed by atoms with van der Waals surface area (Å²) < 4.78 is 35.0. The Morgan fingerprint density at radius 2 is 1.73 bits per heavy atom. The number of halogens is 1. The third-order valence-electron chi connectivity index (χ3n) is 6.16. The van der Waals surface area contributed by atoms with E-state index in [9.17, 15) is 23.6 Å². The average molecular weight is 536 g/mol. The molecular weight excluding hydrogens is 505 g/mol. The molecule has 0 bridgehead atoms. The third kappa shape index (κ3) is 6.34. The van der Waals surface area contributed by atoms with Gasteiger partial charge in [0.15, 0.2) is 6.61 Å². The summed E-state index contributed by atoms with van der Waals surface area (Å²) >= 11 is 0.854. The van der Waals surface area contributed by atoms with Gasteiger partial charge in [0.25, 0.3) is 5.91 Å². The number of carbonyl (C=O) groups excluding carboxylic acids is 4. The van der Waals surface area contributed by atoms with E-state index in [1.54, 1.807) is 32.0 Å². The first-order valence-corrected chi connectivity index (χ1v) is 12.8. The first kappa shape index (κ1) is 28.3. The minimum atomic E-state index is -1.15. The van der Waals surface area contributed by atoms with Gasteiger partial charge < -0.3 is 24.3 Å². The summed E-state index contributed by atoms with van der Waals surface area (Å²) in [5.41, 5.74) is -0.583. The standard InChI is InChI=1S/C26H30FNO8S/c1-4-34-23(30)20-16(2)21(24(31)35-14-13-33-3)37-22(20)28-19(29)15-36-25(32)26(11-7-8-12-26)17-9-5-6-10-18(17)27/h5-6,9-10H,4,7-8,11-15H2,1-3H3,(H,28,29). The summed E-state index contributed by atoms with van der Waals surface area (Å²) in [6, 6.07) is 6.07. The van der Waals surface area contributed by atoms with Crippen LogP contribution in [0.25, 0.3) is 0 Å². The van der Waals surface area contributed by atoms with Gasteiger partial charge in [-0.1, -0.05) is 31.0 Å². The molecule has 3 rings (SSSR count). The summed E-state index contributed by atoms with van der Waals surface area (Å²) in [4.78, 5) is 51.0. The van der Waals surface area contributed by atoms with Crippen molar-refractivity contribution in [2.45, 2.75) is 44.9 Å². The van der Waals surface area contributed by atoms with Gasteiger partial charge in [0, 0.05) is 12.7 Å². The largest absolute Gasteiger partial charge is 0.462 e. The fraction of sp³-hybridized carbons (Fsp3) is 0.462. The van der Waals surface area contributed by atoms with E-state index in [0.29, 0.717) is 18.4 Å². The highest BCUT2D eigenvalue weighted by atomic mass is 32.1. The highest BCUT2D eigenvalue weighted by molar-refractivity contribution is 7.18. The zero-order valence-corrected chi connectivity index (χ0v) is 21.8. The fourth-order valence-corrected chi connectivity index (χ4v) is 5.48. The second-order valence-corrected chi connectivity index (χ2v) is 9.52. The second kappa shape index (κ2) is 12.8. The quantitative estimate of drug-likeness (QED) is 0.259. The minimum Gasteiger partial charge on any atom is -0.462 e. The molecule has 200 valence electrons. The second-order valence-electron chi connectivity index (χ2n) is 8.50. The molecule has 1 aromatic carbocycles. The summed E-state index contributed by atoms with van der Waals surface area (Å²) in [5, 5.41) is 2.61. The maximum Gasteiger partial charge on any atom is 0.348 e. The molecule has 0 aliphatic heterocycles. The monoisotopic (exact) mass is 535 g/mol. The van der Waals surface area contributed by atoms with E-state index in [4.69, 9.17) is 18.9 Å². The number of ether oxygens (including phenoxy) is 4. The Hall–Kier alpha value is -3.31. The van der Waals surface area contributed by atoms with E-state index in [0.717, 1.165) is 24.2 Å². The van der Waals surface area contributed by atoms with Crippen LogP contribution in [0.4, 0.5) is 9.39 Å². The fourth-order valence-electron chi connectivity index (χ4n) is 4.37. The van der Waals surface area contributed by atoms with Crippen LogP contribution in [0, 0.1) is 12.7 Å². The van der Waals surface area contributed by atoms with Crippen molar-refractivity contribution >= 4 is 40.2 Å². The lowest BCUT2D eigenvalue weighted by atomic mass is 9.78. The van der Waals surface area contributed by atoms with Crippen molar-refractivity contribution in [1.29, 1.82) is 0 Å². The molecule has 0 atom stereocenters. The highest BCUT2D eigenvalue weighted by Gasteiger charge is 2.46. The third-order valence-corrected chi connectivity index (χ3v) is 7.34. The summed E-state index contributed by atoms with van der Waals surface area (Å²) in [6.07, 6.45) is 2.30. The van der Waals surface area contributed by atoms with Crippen molar-refractivity contribution in [2.24, 2.45) is 0 Å². The molecule has 1 N–H and O–H groups in total. The number of methoxy groups -OCH3 is 1. The maximum absolute atomic E-state index is 14.5. The van der Waals surface area contributed by atoms with Crippen molar-refractivity contribution in [3.63, 3.8) is 0 Å². The zero-order chi connectivity index (χ0) is 27.0. The van der Waals surface area contributed by atoms with Crippen molar-refractivity contribution in [3.8, 4) is 0 Å². The average Bonchev–Trinajstić information content (AvgIpc) is 3.49. The molecule has 1 saturated carbocycles. The Kier molecular flexibility index (Phi) is 9.76. The van der Waals surface area contributed by atoms with Crippen molar-refractivity contribution in [3.05, 3.63) is 51.7 Å². The molecule has 1 heterocycles. The Bertz CT molecular complexity index is 1160. The molecule has 1 fully saturated rings. The van der Waals surface area contributed by atoms with Crippen molar-refractivity contribution < 1.29 is 42.5 Å².